The van der Waals surface area contributed by atoms with Crippen LogP contribution in [-0.4, -0.2) is 11.7 Å². The molecule has 0 heterocycles. The molecule has 2 rings (SSSR count). The molecular formula is C15H15BrFNO. The fourth-order valence-electron chi connectivity index (χ4n) is 1.87. The Labute approximate surface area is 120 Å². The predicted octanol–water partition coefficient (Wildman–Crippen LogP) is 4.04. The van der Waals surface area contributed by atoms with Gasteiger partial charge in [-0.25, -0.2) is 4.39 Å². The number of aliphatic hydroxyl groups is 1. The Kier molecular flexibility index (Phi) is 4.56. The number of anilines is 1. The first-order valence-electron chi connectivity index (χ1n) is 5.99. The quantitative estimate of drug-likeness (QED) is 0.889. The molecule has 0 spiro atoms. The van der Waals surface area contributed by atoms with E-state index in [1.54, 1.807) is 19.1 Å². The molecule has 0 saturated carbocycles. The number of benzene rings is 2. The van der Waals surface area contributed by atoms with E-state index in [4.69, 9.17) is 0 Å². The van der Waals surface area contributed by atoms with Crippen molar-refractivity contribution in [1.82, 2.24) is 0 Å². The minimum absolute atomic E-state index is 0.0544. The molecule has 0 aliphatic carbocycles. The summed E-state index contributed by atoms with van der Waals surface area (Å²) in [5, 5.41) is 12.7. The molecule has 2 N–H and O–H groups in total. The first kappa shape index (κ1) is 14.0. The van der Waals surface area contributed by atoms with E-state index in [1.807, 2.05) is 24.3 Å². The number of rotatable bonds is 4. The summed E-state index contributed by atoms with van der Waals surface area (Å²) in [6, 6.07) is 12.3. The monoisotopic (exact) mass is 323 g/mol. The first-order valence-corrected chi connectivity index (χ1v) is 6.78. The first-order chi connectivity index (χ1) is 9.10. The molecule has 1 unspecified atom stereocenters. The molecule has 0 aliphatic heterocycles. The van der Waals surface area contributed by atoms with Crippen LogP contribution in [0.15, 0.2) is 46.9 Å². The summed E-state index contributed by atoms with van der Waals surface area (Å²) in [6.45, 7) is 1.66. The van der Waals surface area contributed by atoms with Crippen LogP contribution in [0.5, 0.6) is 0 Å². The Morgan fingerprint density at radius 1 is 1.21 bits per heavy atom. The number of hydrogen-bond acceptors (Lipinski definition) is 2. The summed E-state index contributed by atoms with van der Waals surface area (Å²) in [5.74, 6) is -0.232. The lowest BCUT2D eigenvalue weighted by Crippen LogP contribution is -2.15. The normalized spacial score (nSPS) is 12.2. The molecule has 0 radical (unpaired) electrons. The van der Waals surface area contributed by atoms with Gasteiger partial charge in [0.2, 0.25) is 0 Å². The van der Waals surface area contributed by atoms with Gasteiger partial charge in [-0.15, -0.1) is 0 Å². The fourth-order valence-corrected chi connectivity index (χ4v) is 2.13. The average Bonchev–Trinajstić information content (AvgIpc) is 2.41. The van der Waals surface area contributed by atoms with Crippen LogP contribution in [0.25, 0.3) is 0 Å². The van der Waals surface area contributed by atoms with Crippen molar-refractivity contribution in [3.63, 3.8) is 0 Å². The molecule has 2 aromatic rings. The van der Waals surface area contributed by atoms with Crippen molar-refractivity contribution in [3.8, 4) is 0 Å². The second-order valence-electron chi connectivity index (χ2n) is 4.40. The molecule has 1 atom stereocenters. The minimum atomic E-state index is -0.250. The Morgan fingerprint density at radius 2 is 1.89 bits per heavy atom. The SMILES string of the molecule is Cc1cc(C(CO)Nc2ccc(Br)cc2)ccc1F. The maximum Gasteiger partial charge on any atom is 0.126 e. The fraction of sp³-hybridized carbons (Fsp3) is 0.200. The third-order valence-corrected chi connectivity index (χ3v) is 3.48. The van der Waals surface area contributed by atoms with Crippen molar-refractivity contribution in [2.24, 2.45) is 0 Å². The summed E-state index contributed by atoms with van der Waals surface area (Å²) in [6.07, 6.45) is 0. The zero-order chi connectivity index (χ0) is 13.8. The Balaban J connectivity index is 2.19. The van der Waals surface area contributed by atoms with E-state index in [0.717, 1.165) is 15.7 Å². The van der Waals surface area contributed by atoms with Crippen molar-refractivity contribution >= 4 is 21.6 Å². The molecule has 0 amide bonds. The zero-order valence-electron chi connectivity index (χ0n) is 10.5. The van der Waals surface area contributed by atoms with Gasteiger partial charge in [0, 0.05) is 10.2 Å². The van der Waals surface area contributed by atoms with Crippen molar-refractivity contribution in [1.29, 1.82) is 0 Å². The van der Waals surface area contributed by atoms with E-state index < -0.39 is 0 Å². The third-order valence-electron chi connectivity index (χ3n) is 2.95. The smallest absolute Gasteiger partial charge is 0.126 e. The molecule has 19 heavy (non-hydrogen) atoms. The lowest BCUT2D eigenvalue weighted by atomic mass is 10.0. The molecule has 2 nitrogen and oxygen atoms in total. The van der Waals surface area contributed by atoms with Crippen LogP contribution in [-0.2, 0) is 0 Å². The number of nitrogens with one attached hydrogen (secondary N) is 1. The molecular weight excluding hydrogens is 309 g/mol. The van der Waals surface area contributed by atoms with Crippen molar-refractivity contribution in [2.45, 2.75) is 13.0 Å². The highest BCUT2D eigenvalue weighted by Gasteiger charge is 2.11. The van der Waals surface area contributed by atoms with Gasteiger partial charge < -0.3 is 10.4 Å². The summed E-state index contributed by atoms with van der Waals surface area (Å²) in [7, 11) is 0. The van der Waals surface area contributed by atoms with Crippen LogP contribution in [0.1, 0.15) is 17.2 Å². The number of halogens is 2. The highest BCUT2D eigenvalue weighted by Crippen LogP contribution is 2.22. The average molecular weight is 324 g/mol. The maximum atomic E-state index is 13.2. The predicted molar refractivity (Wildman–Crippen MR) is 78.7 cm³/mol. The number of hydrogen-bond donors (Lipinski definition) is 2. The number of aliphatic hydroxyl groups excluding tert-OH is 1. The Morgan fingerprint density at radius 3 is 2.47 bits per heavy atom. The Bertz CT molecular complexity index is 557. The highest BCUT2D eigenvalue weighted by molar-refractivity contribution is 9.10. The second kappa shape index (κ2) is 6.17. The Hall–Kier alpha value is -1.39. The van der Waals surface area contributed by atoms with Crippen molar-refractivity contribution in [3.05, 3.63) is 63.9 Å². The molecule has 0 aromatic heterocycles. The summed E-state index contributed by atoms with van der Waals surface area (Å²) in [5.41, 5.74) is 2.35. The standard InChI is InChI=1S/C15H15BrFNO/c1-10-8-11(2-7-14(10)17)15(9-19)18-13-5-3-12(16)4-6-13/h2-8,15,18-19H,9H2,1H3. The molecule has 0 saturated heterocycles. The van der Waals surface area contributed by atoms with Crippen molar-refractivity contribution < 1.29 is 9.50 Å². The van der Waals surface area contributed by atoms with Crippen LogP contribution in [0.2, 0.25) is 0 Å². The van der Waals surface area contributed by atoms with E-state index in [9.17, 15) is 9.50 Å². The van der Waals surface area contributed by atoms with Gasteiger partial charge in [-0.2, -0.15) is 0 Å². The van der Waals surface area contributed by atoms with Crippen LogP contribution in [0.3, 0.4) is 0 Å². The minimum Gasteiger partial charge on any atom is -0.394 e. The van der Waals surface area contributed by atoms with Gasteiger partial charge in [-0.05, 0) is 48.4 Å². The van der Waals surface area contributed by atoms with Crippen molar-refractivity contribution in [2.75, 3.05) is 11.9 Å². The largest absolute Gasteiger partial charge is 0.394 e. The van der Waals surface area contributed by atoms with Gasteiger partial charge in [0.1, 0.15) is 5.82 Å². The van der Waals surface area contributed by atoms with Crippen LogP contribution in [0, 0.1) is 12.7 Å². The molecule has 0 fully saturated rings. The molecule has 4 heteroatoms. The molecule has 2 aromatic carbocycles. The number of aryl methyl sites for hydroxylation is 1. The lowest BCUT2D eigenvalue weighted by Gasteiger charge is -2.18. The molecule has 0 aliphatic rings. The summed E-state index contributed by atoms with van der Waals surface area (Å²) < 4.78 is 14.2. The molecule has 0 bridgehead atoms. The van der Waals surface area contributed by atoms with Crippen LogP contribution in [0.4, 0.5) is 10.1 Å². The van der Waals surface area contributed by atoms with E-state index >= 15 is 0 Å². The van der Waals surface area contributed by atoms with E-state index in [1.165, 1.54) is 6.07 Å². The van der Waals surface area contributed by atoms with Gasteiger partial charge in [-0.3, -0.25) is 0 Å². The lowest BCUT2D eigenvalue weighted by molar-refractivity contribution is 0.276. The molecule has 100 valence electrons. The second-order valence-corrected chi connectivity index (χ2v) is 5.31. The zero-order valence-corrected chi connectivity index (χ0v) is 12.1. The van der Waals surface area contributed by atoms with Gasteiger partial charge in [0.15, 0.2) is 0 Å². The maximum absolute atomic E-state index is 13.2. The summed E-state index contributed by atoms with van der Waals surface area (Å²) in [4.78, 5) is 0. The third kappa shape index (κ3) is 3.55. The topological polar surface area (TPSA) is 32.3 Å². The highest BCUT2D eigenvalue weighted by atomic mass is 79.9. The van der Waals surface area contributed by atoms with Gasteiger partial charge in [-0.1, -0.05) is 28.1 Å². The van der Waals surface area contributed by atoms with E-state index in [2.05, 4.69) is 21.2 Å². The summed E-state index contributed by atoms with van der Waals surface area (Å²) >= 11 is 3.37. The van der Waals surface area contributed by atoms with Crippen LogP contribution >= 0.6 is 15.9 Å². The van der Waals surface area contributed by atoms with E-state index in [0.29, 0.717) is 5.56 Å². The van der Waals surface area contributed by atoms with Gasteiger partial charge in [0.05, 0.1) is 12.6 Å². The van der Waals surface area contributed by atoms with E-state index in [-0.39, 0.29) is 18.5 Å². The van der Waals surface area contributed by atoms with Gasteiger partial charge >= 0.3 is 0 Å². The van der Waals surface area contributed by atoms with Gasteiger partial charge in [0.25, 0.3) is 0 Å². The van der Waals surface area contributed by atoms with Crippen LogP contribution < -0.4 is 5.32 Å².